The highest BCUT2D eigenvalue weighted by atomic mass is 16.3. The Bertz CT molecular complexity index is 744. The van der Waals surface area contributed by atoms with Gasteiger partial charge in [-0.25, -0.2) is 4.68 Å². The van der Waals surface area contributed by atoms with Gasteiger partial charge in [0.1, 0.15) is 0 Å². The first kappa shape index (κ1) is 17.7. The van der Waals surface area contributed by atoms with Crippen molar-refractivity contribution in [2.75, 3.05) is 13.2 Å². The summed E-state index contributed by atoms with van der Waals surface area (Å²) in [5, 5.41) is 13.9. The van der Waals surface area contributed by atoms with E-state index in [1.807, 2.05) is 22.6 Å². The second kappa shape index (κ2) is 7.40. The molecule has 5 nitrogen and oxygen atoms in total. The van der Waals surface area contributed by atoms with Crippen molar-refractivity contribution in [3.8, 4) is 5.69 Å². The Labute approximate surface area is 149 Å². The van der Waals surface area contributed by atoms with E-state index >= 15 is 0 Å². The minimum Gasteiger partial charge on any atom is -0.396 e. The molecule has 3 rings (SSSR count). The molecule has 2 aromatic rings. The Kier molecular flexibility index (Phi) is 5.23. The van der Waals surface area contributed by atoms with Crippen LogP contribution in [0.1, 0.15) is 53.0 Å². The Morgan fingerprint density at radius 1 is 1.16 bits per heavy atom. The molecule has 1 aromatic carbocycles. The van der Waals surface area contributed by atoms with Crippen LogP contribution in [0.15, 0.2) is 24.3 Å². The maximum atomic E-state index is 13.0. The summed E-state index contributed by atoms with van der Waals surface area (Å²) in [6.07, 6.45) is 3.74. The number of aliphatic hydroxyl groups excluding tert-OH is 1. The fourth-order valence-electron chi connectivity index (χ4n) is 3.78. The molecule has 0 spiro atoms. The molecule has 1 aliphatic rings. The van der Waals surface area contributed by atoms with Gasteiger partial charge < -0.3 is 10.0 Å². The number of hydrogen-bond donors (Lipinski definition) is 1. The zero-order valence-electron chi connectivity index (χ0n) is 15.3. The van der Waals surface area contributed by atoms with E-state index in [1.54, 1.807) is 0 Å². The van der Waals surface area contributed by atoms with Crippen LogP contribution in [-0.2, 0) is 0 Å². The molecule has 1 atom stereocenters. The fraction of sp³-hybridized carbons (Fsp3) is 0.500. The number of hydrogen-bond acceptors (Lipinski definition) is 3. The molecular formula is C20H27N3O2. The normalized spacial score (nSPS) is 17.8. The molecule has 25 heavy (non-hydrogen) atoms. The Morgan fingerprint density at radius 3 is 2.56 bits per heavy atom. The largest absolute Gasteiger partial charge is 0.396 e. The predicted molar refractivity (Wildman–Crippen MR) is 98.2 cm³/mol. The topological polar surface area (TPSA) is 58.4 Å². The van der Waals surface area contributed by atoms with Gasteiger partial charge in [-0.2, -0.15) is 5.10 Å². The molecular weight excluding hydrogens is 314 g/mol. The molecule has 1 amide bonds. The average Bonchev–Trinajstić information content (AvgIpc) is 2.96. The number of likely N-dealkylation sites (tertiary alicyclic amines) is 1. The number of rotatable bonds is 4. The molecule has 1 fully saturated rings. The molecule has 1 aromatic heterocycles. The summed E-state index contributed by atoms with van der Waals surface area (Å²) < 4.78 is 1.85. The highest BCUT2D eigenvalue weighted by molar-refractivity contribution is 5.92. The van der Waals surface area contributed by atoms with Crippen molar-refractivity contribution in [3.63, 3.8) is 0 Å². The second-order valence-electron chi connectivity index (χ2n) is 7.09. The van der Waals surface area contributed by atoms with E-state index in [4.69, 9.17) is 0 Å². The number of aryl methyl sites for hydroxylation is 3. The molecule has 0 bridgehead atoms. The number of piperidine rings is 1. The van der Waals surface area contributed by atoms with Crippen LogP contribution in [0.25, 0.3) is 5.69 Å². The van der Waals surface area contributed by atoms with Crippen LogP contribution < -0.4 is 0 Å². The Balaban J connectivity index is 1.89. The number of aromatic nitrogens is 2. The number of benzene rings is 1. The van der Waals surface area contributed by atoms with Gasteiger partial charge in [-0.05, 0) is 75.8 Å². The smallest absolute Gasteiger partial charge is 0.274 e. The van der Waals surface area contributed by atoms with Crippen LogP contribution in [0.5, 0.6) is 0 Å². The lowest BCUT2D eigenvalue weighted by atomic mass is 9.99. The number of aliphatic hydroxyl groups is 1. The van der Waals surface area contributed by atoms with E-state index < -0.39 is 0 Å². The molecule has 1 unspecified atom stereocenters. The summed E-state index contributed by atoms with van der Waals surface area (Å²) in [4.78, 5) is 14.9. The van der Waals surface area contributed by atoms with Gasteiger partial charge in [0.25, 0.3) is 5.91 Å². The summed E-state index contributed by atoms with van der Waals surface area (Å²) in [7, 11) is 0. The lowest BCUT2D eigenvalue weighted by molar-refractivity contribution is 0.0568. The predicted octanol–water partition coefficient (Wildman–Crippen LogP) is 3.17. The number of carbonyl (C=O) groups excluding carboxylic acids is 1. The van der Waals surface area contributed by atoms with Gasteiger partial charge in [0.15, 0.2) is 5.69 Å². The van der Waals surface area contributed by atoms with Crippen LogP contribution in [0, 0.1) is 20.8 Å². The quantitative estimate of drug-likeness (QED) is 0.929. The standard InChI is InChI=1S/C20H27N3O2/c1-14-10-15(2)12-18(11-14)23-16(3)13-19(21-23)20(25)22-8-5-4-6-17(22)7-9-24/h10-13,17,24H,4-9H2,1-3H3. The molecule has 1 N–H and O–H groups in total. The summed E-state index contributed by atoms with van der Waals surface area (Å²) in [5.74, 6) is -0.0237. The van der Waals surface area contributed by atoms with E-state index in [-0.39, 0.29) is 18.6 Å². The zero-order valence-corrected chi connectivity index (χ0v) is 15.3. The first-order chi connectivity index (χ1) is 12.0. The molecule has 0 saturated carbocycles. The van der Waals surface area contributed by atoms with E-state index in [0.717, 1.165) is 37.2 Å². The molecule has 2 heterocycles. The lowest BCUT2D eigenvalue weighted by Gasteiger charge is -2.35. The molecule has 0 aliphatic carbocycles. The third-order valence-corrected chi connectivity index (χ3v) is 4.91. The van der Waals surface area contributed by atoms with Gasteiger partial charge in [0.05, 0.1) is 5.69 Å². The average molecular weight is 341 g/mol. The Morgan fingerprint density at radius 2 is 1.88 bits per heavy atom. The van der Waals surface area contributed by atoms with Gasteiger partial charge in [-0.1, -0.05) is 6.07 Å². The zero-order chi connectivity index (χ0) is 18.0. The second-order valence-corrected chi connectivity index (χ2v) is 7.09. The van der Waals surface area contributed by atoms with Crippen molar-refractivity contribution in [1.82, 2.24) is 14.7 Å². The van der Waals surface area contributed by atoms with Gasteiger partial charge in [0.2, 0.25) is 0 Å². The van der Waals surface area contributed by atoms with Gasteiger partial charge in [-0.3, -0.25) is 4.79 Å². The SMILES string of the molecule is Cc1cc(C)cc(-n2nc(C(=O)N3CCCCC3CCO)cc2C)c1. The molecule has 1 saturated heterocycles. The summed E-state index contributed by atoms with van der Waals surface area (Å²) in [6, 6.07) is 8.28. The molecule has 0 radical (unpaired) electrons. The van der Waals surface area contributed by atoms with Crippen LogP contribution in [-0.4, -0.2) is 44.9 Å². The van der Waals surface area contributed by atoms with Crippen molar-refractivity contribution in [2.45, 2.75) is 52.5 Å². The summed E-state index contributed by atoms with van der Waals surface area (Å²) >= 11 is 0. The van der Waals surface area contributed by atoms with Gasteiger partial charge >= 0.3 is 0 Å². The summed E-state index contributed by atoms with van der Waals surface area (Å²) in [5.41, 5.74) is 4.78. The van der Waals surface area contributed by atoms with E-state index in [2.05, 4.69) is 37.1 Å². The van der Waals surface area contributed by atoms with Crippen molar-refractivity contribution >= 4 is 5.91 Å². The lowest BCUT2D eigenvalue weighted by Crippen LogP contribution is -2.44. The van der Waals surface area contributed by atoms with Crippen molar-refractivity contribution in [3.05, 3.63) is 46.8 Å². The van der Waals surface area contributed by atoms with Crippen LogP contribution in [0.2, 0.25) is 0 Å². The number of nitrogens with zero attached hydrogens (tertiary/aromatic N) is 3. The van der Waals surface area contributed by atoms with Crippen molar-refractivity contribution in [1.29, 1.82) is 0 Å². The minimum absolute atomic E-state index is 0.0237. The van der Waals surface area contributed by atoms with E-state index in [1.165, 1.54) is 11.1 Å². The van der Waals surface area contributed by atoms with Crippen LogP contribution in [0.4, 0.5) is 0 Å². The van der Waals surface area contributed by atoms with Gasteiger partial charge in [-0.15, -0.1) is 0 Å². The van der Waals surface area contributed by atoms with Crippen molar-refractivity contribution < 1.29 is 9.90 Å². The maximum Gasteiger partial charge on any atom is 0.274 e. The third-order valence-electron chi connectivity index (χ3n) is 4.91. The number of carbonyl (C=O) groups is 1. The fourth-order valence-corrected chi connectivity index (χ4v) is 3.78. The first-order valence-electron chi connectivity index (χ1n) is 9.07. The van der Waals surface area contributed by atoms with E-state index in [0.29, 0.717) is 12.1 Å². The summed E-state index contributed by atoms with van der Waals surface area (Å²) in [6.45, 7) is 6.97. The van der Waals surface area contributed by atoms with Gasteiger partial charge in [0, 0.05) is 24.9 Å². The maximum absolute atomic E-state index is 13.0. The number of amides is 1. The van der Waals surface area contributed by atoms with E-state index in [9.17, 15) is 9.90 Å². The monoisotopic (exact) mass is 341 g/mol. The minimum atomic E-state index is -0.0237. The molecule has 1 aliphatic heterocycles. The Hall–Kier alpha value is -2.14. The van der Waals surface area contributed by atoms with Crippen molar-refractivity contribution in [2.24, 2.45) is 0 Å². The highest BCUT2D eigenvalue weighted by Gasteiger charge is 2.28. The van der Waals surface area contributed by atoms with Crippen LogP contribution in [0.3, 0.4) is 0 Å². The highest BCUT2D eigenvalue weighted by Crippen LogP contribution is 2.23. The van der Waals surface area contributed by atoms with Crippen LogP contribution >= 0.6 is 0 Å². The molecule has 5 heteroatoms. The first-order valence-corrected chi connectivity index (χ1v) is 9.07. The third kappa shape index (κ3) is 3.76. The molecule has 134 valence electrons.